The molecule has 3 unspecified atom stereocenters. The number of nitrogens with two attached hydrogens (primary N) is 1. The molecule has 0 spiro atoms. The van der Waals surface area contributed by atoms with Crippen molar-refractivity contribution in [2.75, 3.05) is 13.2 Å². The minimum Gasteiger partial charge on any atom is -0.375 e. The molecule has 3 atom stereocenters. The van der Waals surface area contributed by atoms with Crippen molar-refractivity contribution in [3.05, 3.63) is 12.2 Å². The molecule has 2 rings (SSSR count). The van der Waals surface area contributed by atoms with Gasteiger partial charge in [-0.3, -0.25) is 0 Å². The number of hydrogen-bond donors (Lipinski definition) is 1. The van der Waals surface area contributed by atoms with E-state index < -0.39 is 0 Å². The van der Waals surface area contributed by atoms with Gasteiger partial charge in [0.1, 0.15) is 6.10 Å². The van der Waals surface area contributed by atoms with Gasteiger partial charge in [-0.25, -0.2) is 0 Å². The maximum atomic E-state index is 5.81. The van der Waals surface area contributed by atoms with Crippen LogP contribution in [0.1, 0.15) is 32.1 Å². The van der Waals surface area contributed by atoms with E-state index in [0.29, 0.717) is 12.2 Å². The Bertz CT molecular complexity index is 218. The highest BCUT2D eigenvalue weighted by molar-refractivity contribution is 5.11. The lowest BCUT2D eigenvalue weighted by Gasteiger charge is -2.16. The van der Waals surface area contributed by atoms with Crippen LogP contribution in [0.4, 0.5) is 0 Å². The molecule has 2 aliphatic heterocycles. The minimum absolute atomic E-state index is 0.235. The number of ether oxygens (including phenoxy) is 2. The fraction of sp³-hybridized carbons (Fsp3) is 0.833. The van der Waals surface area contributed by atoms with E-state index in [0.717, 1.165) is 32.4 Å². The molecule has 1 fully saturated rings. The molecular formula is C12H21NO2. The van der Waals surface area contributed by atoms with Crippen molar-refractivity contribution >= 4 is 0 Å². The molecule has 2 heterocycles. The molecule has 0 amide bonds. The fourth-order valence-electron chi connectivity index (χ4n) is 2.23. The summed E-state index contributed by atoms with van der Waals surface area (Å²) in [7, 11) is 0. The molecule has 2 N–H and O–H groups in total. The van der Waals surface area contributed by atoms with Crippen LogP contribution in [0.25, 0.3) is 0 Å². The molecule has 3 heteroatoms. The number of fused-ring (bicyclic) bond motifs is 2. The van der Waals surface area contributed by atoms with E-state index in [9.17, 15) is 0 Å². The van der Waals surface area contributed by atoms with Gasteiger partial charge >= 0.3 is 0 Å². The Morgan fingerprint density at radius 2 is 2.07 bits per heavy atom. The van der Waals surface area contributed by atoms with E-state index >= 15 is 0 Å². The first-order valence-electron chi connectivity index (χ1n) is 6.05. The van der Waals surface area contributed by atoms with Crippen LogP contribution in [0.15, 0.2) is 12.2 Å². The average Bonchev–Trinajstić information content (AvgIpc) is 2.85. The number of unbranched alkanes of at least 4 members (excludes halogenated alkanes) is 3. The van der Waals surface area contributed by atoms with Crippen LogP contribution in [0.3, 0.4) is 0 Å². The molecule has 86 valence electrons. The summed E-state index contributed by atoms with van der Waals surface area (Å²) in [6.45, 7) is 1.68. The summed E-state index contributed by atoms with van der Waals surface area (Å²) in [6.07, 6.45) is 11.0. The van der Waals surface area contributed by atoms with E-state index in [1.165, 1.54) is 12.8 Å². The summed E-state index contributed by atoms with van der Waals surface area (Å²) in [5.41, 5.74) is 5.43. The first-order chi connectivity index (χ1) is 7.40. The third kappa shape index (κ3) is 3.03. The summed E-state index contributed by atoms with van der Waals surface area (Å²) in [6, 6.07) is 0. The van der Waals surface area contributed by atoms with Crippen molar-refractivity contribution in [2.45, 2.75) is 50.4 Å². The summed E-state index contributed by atoms with van der Waals surface area (Å²) in [5, 5.41) is 0. The molecular weight excluding hydrogens is 190 g/mol. The Kier molecular flexibility index (Phi) is 4.18. The molecule has 0 radical (unpaired) electrons. The molecule has 0 saturated carbocycles. The molecule has 2 bridgehead atoms. The van der Waals surface area contributed by atoms with Crippen molar-refractivity contribution in [3.63, 3.8) is 0 Å². The van der Waals surface area contributed by atoms with Crippen molar-refractivity contribution in [3.8, 4) is 0 Å². The van der Waals surface area contributed by atoms with Crippen molar-refractivity contribution in [1.29, 1.82) is 0 Å². The molecule has 2 aliphatic rings. The predicted octanol–water partition coefficient (Wildman–Crippen LogP) is 1.62. The molecule has 0 aromatic rings. The highest BCUT2D eigenvalue weighted by atomic mass is 16.6. The van der Waals surface area contributed by atoms with Crippen LogP contribution in [0.5, 0.6) is 0 Å². The minimum atomic E-state index is 0.235. The Morgan fingerprint density at radius 1 is 1.20 bits per heavy atom. The fourth-order valence-corrected chi connectivity index (χ4v) is 2.23. The average molecular weight is 211 g/mol. The van der Waals surface area contributed by atoms with Gasteiger partial charge in [-0.05, 0) is 19.4 Å². The summed E-state index contributed by atoms with van der Waals surface area (Å²) < 4.78 is 11.4. The van der Waals surface area contributed by atoms with Crippen molar-refractivity contribution in [1.82, 2.24) is 0 Å². The predicted molar refractivity (Wildman–Crippen MR) is 59.7 cm³/mol. The highest BCUT2D eigenvalue weighted by Gasteiger charge is 2.37. The second-order valence-electron chi connectivity index (χ2n) is 4.37. The van der Waals surface area contributed by atoms with E-state index in [1.807, 2.05) is 0 Å². The normalized spacial score (nSPS) is 32.7. The maximum absolute atomic E-state index is 5.81. The molecule has 0 aromatic heterocycles. The lowest BCUT2D eigenvalue weighted by Crippen LogP contribution is -2.23. The van der Waals surface area contributed by atoms with Gasteiger partial charge < -0.3 is 15.2 Å². The largest absolute Gasteiger partial charge is 0.375 e. The second kappa shape index (κ2) is 5.64. The zero-order valence-electron chi connectivity index (χ0n) is 9.23. The number of rotatable bonds is 7. The van der Waals surface area contributed by atoms with Crippen LogP contribution < -0.4 is 5.73 Å². The van der Waals surface area contributed by atoms with Crippen molar-refractivity contribution < 1.29 is 9.47 Å². The lowest BCUT2D eigenvalue weighted by atomic mass is 10.0. The summed E-state index contributed by atoms with van der Waals surface area (Å²) in [5.74, 6) is 0. The van der Waals surface area contributed by atoms with Crippen LogP contribution in [0, 0.1) is 0 Å². The van der Waals surface area contributed by atoms with Gasteiger partial charge in [0.05, 0.1) is 12.2 Å². The van der Waals surface area contributed by atoms with Gasteiger partial charge in [0, 0.05) is 13.0 Å². The molecule has 15 heavy (non-hydrogen) atoms. The quantitative estimate of drug-likeness (QED) is 0.514. The van der Waals surface area contributed by atoms with Gasteiger partial charge in [-0.15, -0.1) is 0 Å². The second-order valence-corrected chi connectivity index (χ2v) is 4.37. The molecule has 1 saturated heterocycles. The van der Waals surface area contributed by atoms with Crippen LogP contribution >= 0.6 is 0 Å². The first-order valence-corrected chi connectivity index (χ1v) is 6.05. The van der Waals surface area contributed by atoms with E-state index in [-0.39, 0.29) is 6.10 Å². The van der Waals surface area contributed by atoms with Gasteiger partial charge in [0.25, 0.3) is 0 Å². The zero-order valence-corrected chi connectivity index (χ0v) is 9.23. The Morgan fingerprint density at radius 3 is 2.73 bits per heavy atom. The topological polar surface area (TPSA) is 44.5 Å². The molecule has 0 aliphatic carbocycles. The third-order valence-corrected chi connectivity index (χ3v) is 3.11. The Balaban J connectivity index is 1.50. The maximum Gasteiger partial charge on any atom is 0.103 e. The smallest absolute Gasteiger partial charge is 0.103 e. The molecule has 0 aromatic carbocycles. The monoisotopic (exact) mass is 211 g/mol. The van der Waals surface area contributed by atoms with Crippen LogP contribution in [-0.4, -0.2) is 31.5 Å². The Labute approximate surface area is 91.6 Å². The SMILES string of the molecule is NCCCCCCOC1CC2C=CC1O2. The van der Waals surface area contributed by atoms with Crippen LogP contribution in [-0.2, 0) is 9.47 Å². The number of hydrogen-bond acceptors (Lipinski definition) is 3. The van der Waals surface area contributed by atoms with Crippen molar-refractivity contribution in [2.24, 2.45) is 5.73 Å². The zero-order chi connectivity index (χ0) is 10.5. The van der Waals surface area contributed by atoms with E-state index in [2.05, 4.69) is 12.2 Å². The first kappa shape index (κ1) is 11.1. The standard InChI is InChI=1S/C12H21NO2/c13-7-3-1-2-4-8-14-12-9-10-5-6-11(12)15-10/h5-6,10-12H,1-4,7-9,13H2. The van der Waals surface area contributed by atoms with E-state index in [4.69, 9.17) is 15.2 Å². The van der Waals surface area contributed by atoms with Gasteiger partial charge in [-0.1, -0.05) is 25.0 Å². The molecule has 3 nitrogen and oxygen atoms in total. The van der Waals surface area contributed by atoms with Gasteiger partial charge in [0.15, 0.2) is 0 Å². The summed E-state index contributed by atoms with van der Waals surface area (Å²) in [4.78, 5) is 0. The third-order valence-electron chi connectivity index (χ3n) is 3.11. The van der Waals surface area contributed by atoms with Gasteiger partial charge in [-0.2, -0.15) is 0 Å². The van der Waals surface area contributed by atoms with Crippen LogP contribution in [0.2, 0.25) is 0 Å². The van der Waals surface area contributed by atoms with Gasteiger partial charge in [0.2, 0.25) is 0 Å². The highest BCUT2D eigenvalue weighted by Crippen LogP contribution is 2.30. The lowest BCUT2D eigenvalue weighted by molar-refractivity contribution is 0.0113. The summed E-state index contributed by atoms with van der Waals surface area (Å²) >= 11 is 0. The van der Waals surface area contributed by atoms with E-state index in [1.54, 1.807) is 0 Å². The Hall–Kier alpha value is -0.380.